The van der Waals surface area contributed by atoms with E-state index < -0.39 is 0 Å². The molecule has 1 aliphatic rings. The minimum absolute atomic E-state index is 0.121. The Labute approximate surface area is 120 Å². The first-order valence-corrected chi connectivity index (χ1v) is 7.97. The molecule has 19 heavy (non-hydrogen) atoms. The van der Waals surface area contributed by atoms with Crippen LogP contribution in [0.15, 0.2) is 12.4 Å². The molecule has 0 spiro atoms. The molecule has 4 nitrogen and oxygen atoms in total. The van der Waals surface area contributed by atoms with E-state index in [2.05, 4.69) is 40.5 Å². The molecule has 0 aromatic carbocycles. The Morgan fingerprint density at radius 1 is 1.26 bits per heavy atom. The summed E-state index contributed by atoms with van der Waals surface area (Å²) in [5, 5.41) is 0.655. The maximum absolute atomic E-state index is 5.77. The zero-order valence-corrected chi connectivity index (χ0v) is 13.0. The number of rotatable bonds is 4. The van der Waals surface area contributed by atoms with Crippen LogP contribution in [0.2, 0.25) is 0 Å². The predicted octanol–water partition coefficient (Wildman–Crippen LogP) is 2.84. The van der Waals surface area contributed by atoms with Crippen LogP contribution in [0.3, 0.4) is 0 Å². The van der Waals surface area contributed by atoms with E-state index in [0.717, 1.165) is 24.7 Å². The van der Waals surface area contributed by atoms with Gasteiger partial charge < -0.3 is 9.64 Å². The highest BCUT2D eigenvalue weighted by Gasteiger charge is 2.26. The molecule has 0 saturated carbocycles. The van der Waals surface area contributed by atoms with E-state index in [9.17, 15) is 0 Å². The molecular formula is C14H23N3OS. The van der Waals surface area contributed by atoms with Gasteiger partial charge in [-0.1, -0.05) is 13.8 Å². The third-order valence-corrected chi connectivity index (χ3v) is 4.67. The van der Waals surface area contributed by atoms with Crippen LogP contribution in [0, 0.1) is 5.92 Å². The normalized spacial score (nSPS) is 20.1. The summed E-state index contributed by atoms with van der Waals surface area (Å²) in [4.78, 5) is 11.1. The van der Waals surface area contributed by atoms with Gasteiger partial charge in [0.05, 0.1) is 6.10 Å². The quantitative estimate of drug-likeness (QED) is 0.848. The lowest BCUT2D eigenvalue weighted by atomic mass is 10.1. The number of aromatic nitrogens is 2. The average Bonchev–Trinajstić information content (AvgIpc) is 2.39. The van der Waals surface area contributed by atoms with Crippen LogP contribution in [0.1, 0.15) is 27.7 Å². The summed E-state index contributed by atoms with van der Waals surface area (Å²) >= 11 is 2.06. The van der Waals surface area contributed by atoms with Crippen LogP contribution in [0.25, 0.3) is 0 Å². The van der Waals surface area contributed by atoms with Crippen molar-refractivity contribution >= 4 is 17.6 Å². The van der Waals surface area contributed by atoms with E-state index >= 15 is 0 Å². The van der Waals surface area contributed by atoms with Crippen LogP contribution in [-0.4, -0.2) is 40.2 Å². The van der Waals surface area contributed by atoms with Crippen molar-refractivity contribution in [2.45, 2.75) is 39.0 Å². The van der Waals surface area contributed by atoms with E-state index in [1.165, 1.54) is 0 Å². The zero-order valence-electron chi connectivity index (χ0n) is 12.2. The fourth-order valence-corrected chi connectivity index (χ4v) is 3.41. The number of nitrogens with zero attached hydrogens (tertiary/aromatic N) is 3. The lowest BCUT2D eigenvalue weighted by molar-refractivity contribution is 0.232. The molecule has 1 unspecified atom stereocenters. The molecule has 0 radical (unpaired) electrons. The highest BCUT2D eigenvalue weighted by Crippen LogP contribution is 2.31. The van der Waals surface area contributed by atoms with Crippen LogP contribution in [0.4, 0.5) is 5.82 Å². The fourth-order valence-electron chi connectivity index (χ4n) is 2.11. The highest BCUT2D eigenvalue weighted by atomic mass is 32.2. The van der Waals surface area contributed by atoms with Crippen LogP contribution in [0.5, 0.6) is 5.88 Å². The largest absolute Gasteiger partial charge is 0.472 e. The summed E-state index contributed by atoms with van der Waals surface area (Å²) in [5.74, 6) is 3.37. The monoisotopic (exact) mass is 281 g/mol. The number of anilines is 1. The standard InChI is InChI=1S/C14H23N3OS/c1-10(2)12-9-17(7-8-19-12)13-14(18-11(3)4)16-6-5-15-13/h5-6,10-12H,7-9H2,1-4H3. The number of ether oxygens (including phenoxy) is 1. The second kappa shape index (κ2) is 6.46. The van der Waals surface area contributed by atoms with Gasteiger partial charge in [-0.15, -0.1) is 0 Å². The summed E-state index contributed by atoms with van der Waals surface area (Å²) in [6.45, 7) is 10.6. The molecule has 1 atom stereocenters. The molecule has 2 rings (SSSR count). The van der Waals surface area contributed by atoms with Crippen molar-refractivity contribution in [3.63, 3.8) is 0 Å². The van der Waals surface area contributed by atoms with Gasteiger partial charge in [0.2, 0.25) is 0 Å². The predicted molar refractivity (Wildman–Crippen MR) is 81.1 cm³/mol. The molecule has 1 aromatic rings. The van der Waals surface area contributed by atoms with Gasteiger partial charge in [-0.05, 0) is 19.8 Å². The van der Waals surface area contributed by atoms with Crippen LogP contribution < -0.4 is 9.64 Å². The molecule has 0 N–H and O–H groups in total. The summed E-state index contributed by atoms with van der Waals surface area (Å²) in [6, 6.07) is 0. The topological polar surface area (TPSA) is 38.3 Å². The minimum Gasteiger partial charge on any atom is -0.472 e. The molecule has 2 heterocycles. The lowest BCUT2D eigenvalue weighted by Crippen LogP contribution is -2.40. The molecular weight excluding hydrogens is 258 g/mol. The van der Waals surface area contributed by atoms with Crippen molar-refractivity contribution in [3.05, 3.63) is 12.4 Å². The Bertz CT molecular complexity index is 411. The van der Waals surface area contributed by atoms with Crippen molar-refractivity contribution in [3.8, 4) is 5.88 Å². The summed E-state index contributed by atoms with van der Waals surface area (Å²) in [5.41, 5.74) is 0. The first kappa shape index (κ1) is 14.4. The summed E-state index contributed by atoms with van der Waals surface area (Å²) in [6.07, 6.45) is 3.56. The third kappa shape index (κ3) is 3.75. The van der Waals surface area contributed by atoms with Crippen molar-refractivity contribution in [1.29, 1.82) is 0 Å². The van der Waals surface area contributed by atoms with Crippen molar-refractivity contribution < 1.29 is 4.74 Å². The third-order valence-electron chi connectivity index (χ3n) is 3.13. The molecule has 5 heteroatoms. The Hall–Kier alpha value is -0.970. The van der Waals surface area contributed by atoms with E-state index in [0.29, 0.717) is 17.0 Å². The maximum atomic E-state index is 5.77. The zero-order chi connectivity index (χ0) is 13.8. The SMILES string of the molecule is CC(C)Oc1nccnc1N1CCSC(C(C)C)C1. The Balaban J connectivity index is 2.16. The highest BCUT2D eigenvalue weighted by molar-refractivity contribution is 8.00. The van der Waals surface area contributed by atoms with Gasteiger partial charge in [0.15, 0.2) is 5.82 Å². The van der Waals surface area contributed by atoms with E-state index in [-0.39, 0.29) is 6.10 Å². The molecule has 1 saturated heterocycles. The van der Waals surface area contributed by atoms with Gasteiger partial charge in [-0.2, -0.15) is 11.8 Å². The summed E-state index contributed by atoms with van der Waals surface area (Å²) < 4.78 is 5.77. The van der Waals surface area contributed by atoms with Gasteiger partial charge in [-0.3, -0.25) is 0 Å². The van der Waals surface area contributed by atoms with Gasteiger partial charge in [0.25, 0.3) is 5.88 Å². The first-order chi connectivity index (χ1) is 9.08. The lowest BCUT2D eigenvalue weighted by Gasteiger charge is -2.35. The number of hydrogen-bond donors (Lipinski definition) is 0. The summed E-state index contributed by atoms with van der Waals surface area (Å²) in [7, 11) is 0. The Kier molecular flexibility index (Phi) is 4.91. The second-order valence-corrected chi connectivity index (χ2v) is 6.80. The van der Waals surface area contributed by atoms with Gasteiger partial charge in [-0.25, -0.2) is 9.97 Å². The van der Waals surface area contributed by atoms with Crippen LogP contribution >= 0.6 is 11.8 Å². The maximum Gasteiger partial charge on any atom is 0.257 e. The second-order valence-electron chi connectivity index (χ2n) is 5.45. The molecule has 1 aliphatic heterocycles. The minimum atomic E-state index is 0.121. The van der Waals surface area contributed by atoms with Gasteiger partial charge in [0.1, 0.15) is 0 Å². The van der Waals surface area contributed by atoms with Crippen molar-refractivity contribution in [2.75, 3.05) is 23.7 Å². The number of hydrogen-bond acceptors (Lipinski definition) is 5. The van der Waals surface area contributed by atoms with E-state index in [4.69, 9.17) is 4.74 Å². The average molecular weight is 281 g/mol. The molecule has 106 valence electrons. The number of thioether (sulfide) groups is 1. The molecule has 0 bridgehead atoms. The Morgan fingerprint density at radius 2 is 2.00 bits per heavy atom. The molecule has 0 aliphatic carbocycles. The fraction of sp³-hybridized carbons (Fsp3) is 0.714. The smallest absolute Gasteiger partial charge is 0.257 e. The van der Waals surface area contributed by atoms with E-state index in [1.807, 2.05) is 13.8 Å². The van der Waals surface area contributed by atoms with Gasteiger partial charge in [0, 0.05) is 36.5 Å². The molecule has 1 aromatic heterocycles. The molecule has 1 fully saturated rings. The van der Waals surface area contributed by atoms with Gasteiger partial charge >= 0.3 is 0 Å². The van der Waals surface area contributed by atoms with Crippen molar-refractivity contribution in [2.24, 2.45) is 5.92 Å². The molecule has 0 amide bonds. The van der Waals surface area contributed by atoms with Crippen LogP contribution in [-0.2, 0) is 0 Å². The first-order valence-electron chi connectivity index (χ1n) is 6.92. The Morgan fingerprint density at radius 3 is 2.68 bits per heavy atom. The van der Waals surface area contributed by atoms with E-state index in [1.54, 1.807) is 12.4 Å². The van der Waals surface area contributed by atoms with Crippen molar-refractivity contribution in [1.82, 2.24) is 9.97 Å².